The standard InChI is InChI=1S/C69H133NO5/c1-3-5-7-9-11-13-15-17-18-19-20-21-22-23-26-29-32-35-38-41-45-49-53-57-61-67(72)66(65-71)70-68(73)62-58-54-50-46-42-39-36-33-30-27-24-25-28-31-34-37-40-44-48-52-56-60-64-75-69(74)63-59-55-51-47-43-16-14-12-10-8-6-4-2/h12,14,57,61,66-67,71-72H,3-11,13,15-56,58-60,62-65H2,1-2H3,(H,70,73)/b14-12-,61-57+. The first-order chi connectivity index (χ1) is 37.0. The average Bonchev–Trinajstić information content (AvgIpc) is 3.41. The van der Waals surface area contributed by atoms with Crippen molar-refractivity contribution < 1.29 is 24.5 Å². The lowest BCUT2D eigenvalue weighted by Crippen LogP contribution is -2.45. The molecule has 0 aliphatic rings. The summed E-state index contributed by atoms with van der Waals surface area (Å²) < 4.78 is 5.47. The van der Waals surface area contributed by atoms with E-state index in [0.717, 1.165) is 44.9 Å². The lowest BCUT2D eigenvalue weighted by atomic mass is 10.0. The van der Waals surface area contributed by atoms with Crippen molar-refractivity contribution in [1.29, 1.82) is 0 Å². The molecule has 1 amide bonds. The smallest absolute Gasteiger partial charge is 0.305 e. The molecule has 0 heterocycles. The Hall–Kier alpha value is -1.66. The number of allylic oxidation sites excluding steroid dienone is 3. The van der Waals surface area contributed by atoms with Gasteiger partial charge in [-0.25, -0.2) is 0 Å². The van der Waals surface area contributed by atoms with Gasteiger partial charge in [-0.15, -0.1) is 0 Å². The quantitative estimate of drug-likeness (QED) is 0.0320. The fourth-order valence-corrected chi connectivity index (χ4v) is 10.7. The molecular weight excluding hydrogens is 923 g/mol. The van der Waals surface area contributed by atoms with Crippen LogP contribution in [0.5, 0.6) is 0 Å². The summed E-state index contributed by atoms with van der Waals surface area (Å²) in [5, 5.41) is 23.3. The van der Waals surface area contributed by atoms with E-state index in [2.05, 4.69) is 31.3 Å². The maximum Gasteiger partial charge on any atom is 0.305 e. The van der Waals surface area contributed by atoms with Crippen molar-refractivity contribution in [2.45, 2.75) is 392 Å². The van der Waals surface area contributed by atoms with Gasteiger partial charge in [0.2, 0.25) is 5.91 Å². The number of ether oxygens (including phenoxy) is 1. The summed E-state index contributed by atoms with van der Waals surface area (Å²) in [5.74, 6) is -0.0607. The number of aliphatic hydroxyl groups is 2. The Labute approximate surface area is 469 Å². The first-order valence-corrected chi connectivity index (χ1v) is 34.1. The van der Waals surface area contributed by atoms with E-state index in [-0.39, 0.29) is 18.5 Å². The van der Waals surface area contributed by atoms with E-state index in [1.54, 1.807) is 6.08 Å². The first kappa shape index (κ1) is 73.3. The predicted octanol–water partition coefficient (Wildman–Crippen LogP) is 21.8. The maximum absolute atomic E-state index is 12.5. The van der Waals surface area contributed by atoms with E-state index in [0.29, 0.717) is 19.4 Å². The second-order valence-electron chi connectivity index (χ2n) is 23.5. The summed E-state index contributed by atoms with van der Waals surface area (Å²) in [6.07, 6.45) is 81.0. The summed E-state index contributed by atoms with van der Waals surface area (Å²) >= 11 is 0. The lowest BCUT2D eigenvalue weighted by molar-refractivity contribution is -0.143. The molecular formula is C69H133NO5. The third kappa shape index (κ3) is 61.4. The van der Waals surface area contributed by atoms with E-state index in [9.17, 15) is 19.8 Å². The van der Waals surface area contributed by atoms with Crippen molar-refractivity contribution in [2.24, 2.45) is 0 Å². The number of nitrogens with one attached hydrogen (secondary N) is 1. The van der Waals surface area contributed by atoms with Crippen LogP contribution in [0.3, 0.4) is 0 Å². The molecule has 2 unspecified atom stereocenters. The zero-order valence-corrected chi connectivity index (χ0v) is 50.8. The molecule has 0 aromatic heterocycles. The topological polar surface area (TPSA) is 95.9 Å². The van der Waals surface area contributed by atoms with Gasteiger partial charge in [-0.05, 0) is 57.8 Å². The SMILES string of the molecule is CCCCC/C=C\CCCCCCCC(=O)OCCCCCCCCCCCCCCCCCCCCCCCCC(=O)NC(CO)C(O)/C=C/CCCCCCCCCCCCCCCCCCCCCCCC. The monoisotopic (exact) mass is 1060 g/mol. The van der Waals surface area contributed by atoms with Gasteiger partial charge in [0.05, 0.1) is 25.4 Å². The fraction of sp³-hybridized carbons (Fsp3) is 0.913. The molecule has 0 aromatic rings. The van der Waals surface area contributed by atoms with Crippen LogP contribution in [0.25, 0.3) is 0 Å². The normalized spacial score (nSPS) is 12.6. The average molecular weight is 1060 g/mol. The van der Waals surface area contributed by atoms with Gasteiger partial charge in [0.15, 0.2) is 0 Å². The van der Waals surface area contributed by atoms with Gasteiger partial charge >= 0.3 is 5.97 Å². The van der Waals surface area contributed by atoms with Crippen LogP contribution >= 0.6 is 0 Å². The third-order valence-corrected chi connectivity index (χ3v) is 16.0. The highest BCUT2D eigenvalue weighted by Gasteiger charge is 2.18. The number of carbonyl (C=O) groups is 2. The molecule has 6 nitrogen and oxygen atoms in total. The van der Waals surface area contributed by atoms with Crippen molar-refractivity contribution in [1.82, 2.24) is 5.32 Å². The Bertz CT molecular complexity index is 1170. The zero-order valence-electron chi connectivity index (χ0n) is 50.8. The minimum atomic E-state index is -0.846. The number of hydrogen-bond donors (Lipinski definition) is 3. The first-order valence-electron chi connectivity index (χ1n) is 34.1. The van der Waals surface area contributed by atoms with Crippen LogP contribution in [0.1, 0.15) is 380 Å². The van der Waals surface area contributed by atoms with Gasteiger partial charge in [-0.1, -0.05) is 334 Å². The molecule has 444 valence electrons. The molecule has 0 bridgehead atoms. The highest BCUT2D eigenvalue weighted by atomic mass is 16.5. The van der Waals surface area contributed by atoms with E-state index in [4.69, 9.17) is 4.74 Å². The van der Waals surface area contributed by atoms with Crippen molar-refractivity contribution in [2.75, 3.05) is 13.2 Å². The summed E-state index contributed by atoms with van der Waals surface area (Å²) in [6.45, 7) is 4.91. The Morgan fingerprint density at radius 1 is 0.360 bits per heavy atom. The van der Waals surface area contributed by atoms with Crippen molar-refractivity contribution in [3.05, 3.63) is 24.3 Å². The number of rotatable bonds is 64. The highest BCUT2D eigenvalue weighted by Crippen LogP contribution is 2.19. The molecule has 0 aliphatic heterocycles. The molecule has 3 N–H and O–H groups in total. The second-order valence-corrected chi connectivity index (χ2v) is 23.5. The molecule has 0 aliphatic carbocycles. The van der Waals surface area contributed by atoms with Crippen molar-refractivity contribution >= 4 is 11.9 Å². The molecule has 6 heteroatoms. The molecule has 75 heavy (non-hydrogen) atoms. The van der Waals surface area contributed by atoms with Crippen LogP contribution < -0.4 is 5.32 Å². The zero-order chi connectivity index (χ0) is 54.3. The number of carbonyl (C=O) groups excluding carboxylic acids is 2. The van der Waals surface area contributed by atoms with E-state index < -0.39 is 12.1 Å². The van der Waals surface area contributed by atoms with Gasteiger partial charge in [-0.3, -0.25) is 9.59 Å². The summed E-state index contributed by atoms with van der Waals surface area (Å²) in [6, 6.07) is -0.629. The molecule has 0 aromatic carbocycles. The largest absolute Gasteiger partial charge is 0.466 e. The van der Waals surface area contributed by atoms with Crippen LogP contribution in [0, 0.1) is 0 Å². The van der Waals surface area contributed by atoms with Gasteiger partial charge in [0.25, 0.3) is 0 Å². The van der Waals surface area contributed by atoms with Crippen LogP contribution in [0.2, 0.25) is 0 Å². The maximum atomic E-state index is 12.5. The minimum absolute atomic E-state index is 0.00329. The molecule has 0 saturated heterocycles. The Kier molecular flexibility index (Phi) is 63.4. The van der Waals surface area contributed by atoms with E-state index >= 15 is 0 Å². The van der Waals surface area contributed by atoms with Crippen molar-refractivity contribution in [3.8, 4) is 0 Å². The number of unbranched alkanes of at least 4 members (excludes halogenated alkanes) is 51. The van der Waals surface area contributed by atoms with Crippen LogP contribution in [0.15, 0.2) is 24.3 Å². The van der Waals surface area contributed by atoms with Gasteiger partial charge in [0.1, 0.15) is 0 Å². The number of esters is 1. The molecule has 0 rings (SSSR count). The molecule has 0 fully saturated rings. The number of amides is 1. The van der Waals surface area contributed by atoms with E-state index in [1.807, 2.05) is 6.08 Å². The predicted molar refractivity (Wildman–Crippen MR) is 329 cm³/mol. The lowest BCUT2D eigenvalue weighted by Gasteiger charge is -2.20. The van der Waals surface area contributed by atoms with Crippen LogP contribution in [-0.4, -0.2) is 47.4 Å². The minimum Gasteiger partial charge on any atom is -0.466 e. The Balaban J connectivity index is 3.41. The summed E-state index contributed by atoms with van der Waals surface area (Å²) in [5.41, 5.74) is 0. The molecule has 0 spiro atoms. The van der Waals surface area contributed by atoms with Crippen molar-refractivity contribution in [3.63, 3.8) is 0 Å². The van der Waals surface area contributed by atoms with Gasteiger partial charge < -0.3 is 20.3 Å². The van der Waals surface area contributed by atoms with Crippen LogP contribution in [0.4, 0.5) is 0 Å². The molecule has 2 atom stereocenters. The third-order valence-electron chi connectivity index (χ3n) is 16.0. The summed E-state index contributed by atoms with van der Waals surface area (Å²) in [7, 11) is 0. The fourth-order valence-electron chi connectivity index (χ4n) is 10.7. The van der Waals surface area contributed by atoms with Gasteiger partial charge in [0, 0.05) is 12.8 Å². The Morgan fingerprint density at radius 2 is 0.627 bits per heavy atom. The molecule has 0 saturated carbocycles. The second kappa shape index (κ2) is 64.9. The van der Waals surface area contributed by atoms with Gasteiger partial charge in [-0.2, -0.15) is 0 Å². The molecule has 0 radical (unpaired) electrons. The highest BCUT2D eigenvalue weighted by molar-refractivity contribution is 5.76. The number of hydrogen-bond acceptors (Lipinski definition) is 5. The van der Waals surface area contributed by atoms with Crippen LogP contribution in [-0.2, 0) is 14.3 Å². The van der Waals surface area contributed by atoms with E-state index in [1.165, 1.54) is 308 Å². The number of aliphatic hydroxyl groups excluding tert-OH is 2. The summed E-state index contributed by atoms with van der Waals surface area (Å²) in [4.78, 5) is 24.5. The Morgan fingerprint density at radius 3 is 0.973 bits per heavy atom.